The monoisotopic (exact) mass is 453 g/mol. The summed E-state index contributed by atoms with van der Waals surface area (Å²) in [6.07, 6.45) is 0. The second-order valence-corrected chi connectivity index (χ2v) is 8.33. The van der Waals surface area contributed by atoms with Crippen molar-refractivity contribution in [3.8, 4) is 11.8 Å². The highest BCUT2D eigenvalue weighted by molar-refractivity contribution is 6.37. The molecule has 1 aliphatic heterocycles. The highest BCUT2D eigenvalue weighted by atomic mass is 35.5. The fourth-order valence-electron chi connectivity index (χ4n) is 3.70. The van der Waals surface area contributed by atoms with Crippen LogP contribution in [0.4, 0.5) is 17.6 Å². The predicted molar refractivity (Wildman–Crippen MR) is 124 cm³/mol. The number of rotatable bonds is 5. The van der Waals surface area contributed by atoms with Crippen molar-refractivity contribution in [2.24, 2.45) is 0 Å². The van der Waals surface area contributed by atoms with Gasteiger partial charge in [-0.05, 0) is 39.1 Å². The van der Waals surface area contributed by atoms with Crippen molar-refractivity contribution < 1.29 is 4.74 Å². The number of anilines is 3. The molecule has 0 radical (unpaired) electrons. The van der Waals surface area contributed by atoms with Crippen LogP contribution >= 0.6 is 11.6 Å². The van der Waals surface area contributed by atoms with Gasteiger partial charge in [-0.15, -0.1) is 5.10 Å². The number of nitrogens with zero attached hydrogens (tertiary/aromatic N) is 6. The molecule has 11 heteroatoms. The van der Waals surface area contributed by atoms with Gasteiger partial charge in [0.15, 0.2) is 0 Å². The van der Waals surface area contributed by atoms with Crippen molar-refractivity contribution in [1.29, 1.82) is 0 Å². The number of aryl methyl sites for hydroxylation is 2. The SMILES string of the molecule is Cc1cc2c(Cl)c(Oc3nc(Nc4n[nH]c(C)n4)cc(N4CCN(C)CC4)n3)ccc2[nH]1. The average molecular weight is 454 g/mol. The normalized spacial score (nSPS) is 14.8. The van der Waals surface area contributed by atoms with E-state index in [4.69, 9.17) is 16.3 Å². The van der Waals surface area contributed by atoms with Crippen LogP contribution in [0.1, 0.15) is 11.5 Å². The van der Waals surface area contributed by atoms with Crippen LogP contribution in [0.25, 0.3) is 10.9 Å². The molecule has 0 unspecified atom stereocenters. The molecular formula is C21H24ClN9O. The molecule has 10 nitrogen and oxygen atoms in total. The topological polar surface area (TPSA) is 111 Å². The number of hydrogen-bond acceptors (Lipinski definition) is 8. The smallest absolute Gasteiger partial charge is 0.325 e. The maximum absolute atomic E-state index is 6.63. The zero-order chi connectivity index (χ0) is 22.2. The van der Waals surface area contributed by atoms with Gasteiger partial charge in [0.05, 0.1) is 5.02 Å². The number of aromatic nitrogens is 6. The van der Waals surface area contributed by atoms with Crippen molar-refractivity contribution in [1.82, 2.24) is 35.0 Å². The lowest BCUT2D eigenvalue weighted by Gasteiger charge is -2.33. The number of nitrogens with one attached hydrogen (secondary N) is 3. The van der Waals surface area contributed by atoms with Crippen LogP contribution in [-0.2, 0) is 0 Å². The molecule has 0 amide bonds. The number of fused-ring (bicyclic) bond motifs is 1. The fraction of sp³-hybridized carbons (Fsp3) is 0.333. The minimum absolute atomic E-state index is 0.199. The maximum atomic E-state index is 6.63. The van der Waals surface area contributed by atoms with E-state index in [-0.39, 0.29) is 6.01 Å². The van der Waals surface area contributed by atoms with Crippen LogP contribution in [0.3, 0.4) is 0 Å². The number of aromatic amines is 2. The van der Waals surface area contributed by atoms with E-state index in [2.05, 4.69) is 52.3 Å². The summed E-state index contributed by atoms with van der Waals surface area (Å²) in [5.74, 6) is 2.94. The van der Waals surface area contributed by atoms with Crippen molar-refractivity contribution in [3.63, 3.8) is 0 Å². The fourth-order valence-corrected chi connectivity index (χ4v) is 3.96. The summed E-state index contributed by atoms with van der Waals surface area (Å²) >= 11 is 6.63. The molecule has 166 valence electrons. The van der Waals surface area contributed by atoms with Gasteiger partial charge in [0.25, 0.3) is 0 Å². The summed E-state index contributed by atoms with van der Waals surface area (Å²) < 4.78 is 6.07. The third-order valence-corrected chi connectivity index (χ3v) is 5.78. The first-order valence-corrected chi connectivity index (χ1v) is 10.8. The minimum Gasteiger partial charge on any atom is -0.423 e. The molecule has 0 atom stereocenters. The lowest BCUT2D eigenvalue weighted by molar-refractivity contribution is 0.311. The first-order chi connectivity index (χ1) is 15.4. The average Bonchev–Trinajstić information content (AvgIpc) is 3.35. The third kappa shape index (κ3) is 4.19. The van der Waals surface area contributed by atoms with Gasteiger partial charge in [0.1, 0.15) is 23.2 Å². The van der Waals surface area contributed by atoms with E-state index in [1.807, 2.05) is 38.1 Å². The Balaban J connectivity index is 1.49. The molecule has 32 heavy (non-hydrogen) atoms. The highest BCUT2D eigenvalue weighted by Crippen LogP contribution is 2.36. The maximum Gasteiger partial charge on any atom is 0.325 e. The van der Waals surface area contributed by atoms with Crippen molar-refractivity contribution in [3.05, 3.63) is 40.8 Å². The Bertz CT molecular complexity index is 1260. The molecule has 0 aliphatic carbocycles. The van der Waals surface area contributed by atoms with E-state index in [0.29, 0.717) is 28.4 Å². The molecule has 1 saturated heterocycles. The Morgan fingerprint density at radius 2 is 1.88 bits per heavy atom. The number of halogens is 1. The molecule has 4 heterocycles. The Morgan fingerprint density at radius 1 is 1.06 bits per heavy atom. The van der Waals surface area contributed by atoms with Crippen LogP contribution < -0.4 is 15.0 Å². The van der Waals surface area contributed by atoms with Crippen molar-refractivity contribution in [2.45, 2.75) is 13.8 Å². The summed E-state index contributed by atoms with van der Waals surface area (Å²) in [4.78, 5) is 21.3. The molecule has 3 aromatic heterocycles. The standard InChI is InChI=1S/C21H24ClN9O/c1-12-10-14-15(23-12)4-5-16(19(14)22)32-21-26-17(25-20-24-13(2)28-29-20)11-18(27-21)31-8-6-30(3)7-9-31/h4-5,10-11,23H,6-9H2,1-3H3,(H2,24,25,26,27,28,29). The Kier molecular flexibility index (Phi) is 5.32. The van der Waals surface area contributed by atoms with E-state index < -0.39 is 0 Å². The van der Waals surface area contributed by atoms with Gasteiger partial charge in [0.2, 0.25) is 5.95 Å². The molecule has 1 fully saturated rings. The largest absolute Gasteiger partial charge is 0.423 e. The number of benzene rings is 1. The highest BCUT2D eigenvalue weighted by Gasteiger charge is 2.19. The molecule has 1 aliphatic rings. The van der Waals surface area contributed by atoms with Crippen molar-refractivity contribution >= 4 is 40.1 Å². The van der Waals surface area contributed by atoms with Crippen LogP contribution in [0.2, 0.25) is 5.02 Å². The van der Waals surface area contributed by atoms with E-state index in [1.165, 1.54) is 0 Å². The summed E-state index contributed by atoms with van der Waals surface area (Å²) in [5, 5.41) is 11.5. The number of likely N-dealkylation sites (N-methyl/N-ethyl adjacent to an activating group) is 1. The first-order valence-electron chi connectivity index (χ1n) is 10.4. The zero-order valence-electron chi connectivity index (χ0n) is 18.1. The van der Waals surface area contributed by atoms with Crippen LogP contribution in [0, 0.1) is 13.8 Å². The molecule has 0 spiro atoms. The zero-order valence-corrected chi connectivity index (χ0v) is 18.9. The predicted octanol–water partition coefficient (Wildman–Crippen LogP) is 3.63. The second-order valence-electron chi connectivity index (χ2n) is 7.95. The van der Waals surface area contributed by atoms with Gasteiger partial charge in [-0.3, -0.25) is 5.10 Å². The number of hydrogen-bond donors (Lipinski definition) is 3. The molecule has 3 N–H and O–H groups in total. The Morgan fingerprint density at radius 3 is 2.62 bits per heavy atom. The molecular weight excluding hydrogens is 430 g/mol. The van der Waals surface area contributed by atoms with Gasteiger partial charge >= 0.3 is 6.01 Å². The van der Waals surface area contributed by atoms with E-state index in [0.717, 1.165) is 48.6 Å². The van der Waals surface area contributed by atoms with E-state index >= 15 is 0 Å². The minimum atomic E-state index is 0.199. The van der Waals surface area contributed by atoms with Gasteiger partial charge in [-0.2, -0.15) is 15.0 Å². The van der Waals surface area contributed by atoms with Gasteiger partial charge in [0, 0.05) is 48.8 Å². The quantitative estimate of drug-likeness (QED) is 0.420. The lowest BCUT2D eigenvalue weighted by Crippen LogP contribution is -2.44. The Labute approximate surface area is 190 Å². The molecule has 0 saturated carbocycles. The Hall–Kier alpha value is -3.37. The van der Waals surface area contributed by atoms with Crippen LogP contribution in [-0.4, -0.2) is 68.3 Å². The summed E-state index contributed by atoms with van der Waals surface area (Å²) in [7, 11) is 2.12. The summed E-state index contributed by atoms with van der Waals surface area (Å²) in [6, 6.07) is 7.82. The lowest BCUT2D eigenvalue weighted by atomic mass is 10.2. The summed E-state index contributed by atoms with van der Waals surface area (Å²) in [6.45, 7) is 7.46. The number of piperazine rings is 1. The van der Waals surface area contributed by atoms with Crippen LogP contribution in [0.15, 0.2) is 24.3 Å². The third-order valence-electron chi connectivity index (χ3n) is 5.39. The summed E-state index contributed by atoms with van der Waals surface area (Å²) in [5.41, 5.74) is 1.98. The molecule has 0 bridgehead atoms. The number of ether oxygens (including phenoxy) is 1. The molecule has 1 aromatic carbocycles. The van der Waals surface area contributed by atoms with Crippen LogP contribution in [0.5, 0.6) is 11.8 Å². The van der Waals surface area contributed by atoms with E-state index in [9.17, 15) is 0 Å². The second kappa shape index (κ2) is 8.29. The van der Waals surface area contributed by atoms with Crippen molar-refractivity contribution in [2.75, 3.05) is 43.4 Å². The first kappa shape index (κ1) is 20.5. The van der Waals surface area contributed by atoms with Gasteiger partial charge in [-0.25, -0.2) is 0 Å². The van der Waals surface area contributed by atoms with E-state index in [1.54, 1.807) is 0 Å². The number of H-pyrrole nitrogens is 2. The molecule has 4 aromatic rings. The van der Waals surface area contributed by atoms with Gasteiger partial charge in [-0.1, -0.05) is 11.6 Å². The molecule has 5 rings (SSSR count). The van der Waals surface area contributed by atoms with Gasteiger partial charge < -0.3 is 24.8 Å².